The summed E-state index contributed by atoms with van der Waals surface area (Å²) in [7, 11) is 2.96. The van der Waals surface area contributed by atoms with Crippen molar-refractivity contribution in [3.05, 3.63) is 101 Å². The number of ether oxygens (including phenoxy) is 3. The van der Waals surface area contributed by atoms with Crippen molar-refractivity contribution >= 4 is 52.0 Å². The first kappa shape index (κ1) is 27.5. The second-order valence-corrected chi connectivity index (χ2v) is 9.50. The number of nitrogens with zero attached hydrogens (tertiary/aromatic N) is 1. The summed E-state index contributed by atoms with van der Waals surface area (Å²) >= 11 is 6.57. The molecule has 2 N–H and O–H groups in total. The highest BCUT2D eigenvalue weighted by Gasteiger charge is 2.35. The predicted molar refractivity (Wildman–Crippen MR) is 156 cm³/mol. The summed E-state index contributed by atoms with van der Waals surface area (Å²) in [5.74, 6) is -0.0581. The molecule has 0 aliphatic carbocycles. The third-order valence-electron chi connectivity index (χ3n) is 6.46. The number of amides is 4. The van der Waals surface area contributed by atoms with Gasteiger partial charge in [-0.05, 0) is 52.2 Å². The number of hydrogen-bond acceptors (Lipinski definition) is 6. The van der Waals surface area contributed by atoms with Crippen molar-refractivity contribution < 1.29 is 28.6 Å². The lowest BCUT2D eigenvalue weighted by Crippen LogP contribution is -2.38. The summed E-state index contributed by atoms with van der Waals surface area (Å²) in [6.45, 7) is -0.219. The lowest BCUT2D eigenvalue weighted by atomic mass is 10.1. The van der Waals surface area contributed by atoms with Gasteiger partial charge in [0.15, 0.2) is 11.5 Å². The average Bonchev–Trinajstić information content (AvgIpc) is 3.23. The first-order valence-electron chi connectivity index (χ1n) is 12.6. The van der Waals surface area contributed by atoms with E-state index in [-0.39, 0.29) is 17.3 Å². The van der Waals surface area contributed by atoms with Crippen LogP contribution in [0.25, 0.3) is 16.8 Å². The number of carbonyl (C=O) groups excluding carboxylic acids is 3. The molecule has 0 aromatic heterocycles. The minimum Gasteiger partial charge on any atom is -0.495 e. The molecule has 4 amide bonds. The van der Waals surface area contributed by atoms with Crippen molar-refractivity contribution in [3.8, 4) is 17.2 Å². The van der Waals surface area contributed by atoms with Crippen molar-refractivity contribution in [3.63, 3.8) is 0 Å². The van der Waals surface area contributed by atoms with Crippen molar-refractivity contribution in [2.75, 3.05) is 26.1 Å². The van der Waals surface area contributed by atoms with E-state index in [9.17, 15) is 14.4 Å². The van der Waals surface area contributed by atoms with E-state index < -0.39 is 24.4 Å². The zero-order valence-corrected chi connectivity index (χ0v) is 23.0. The monoisotopic (exact) mass is 571 g/mol. The second kappa shape index (κ2) is 12.0. The molecule has 10 heteroatoms. The number of urea groups is 1. The molecule has 4 aromatic rings. The van der Waals surface area contributed by atoms with Crippen LogP contribution in [0.3, 0.4) is 0 Å². The van der Waals surface area contributed by atoms with Crippen LogP contribution in [-0.2, 0) is 16.2 Å². The standard InChI is InChI=1S/C31H26ClN3O6/c1-39-26-13-6-5-12-24(26)33-28(36)17-35-30(37)25(34-31(35)38)15-19-14-23(32)29(27(16-19)40-2)41-18-21-10-7-9-20-8-3-4-11-22(20)21/h3-16H,17-18H2,1-2H3,(H,33,36)(H,34,38)/b25-15+. The van der Waals surface area contributed by atoms with Gasteiger partial charge in [0.1, 0.15) is 24.6 Å². The maximum atomic E-state index is 13.0. The van der Waals surface area contributed by atoms with Gasteiger partial charge in [-0.25, -0.2) is 9.69 Å². The minimum atomic E-state index is -0.718. The van der Waals surface area contributed by atoms with E-state index in [4.69, 9.17) is 25.8 Å². The zero-order chi connectivity index (χ0) is 28.9. The van der Waals surface area contributed by atoms with E-state index in [1.54, 1.807) is 36.4 Å². The summed E-state index contributed by atoms with van der Waals surface area (Å²) in [4.78, 5) is 38.9. The summed E-state index contributed by atoms with van der Waals surface area (Å²) in [5.41, 5.74) is 1.89. The van der Waals surface area contributed by atoms with Crippen LogP contribution >= 0.6 is 11.6 Å². The molecule has 1 fully saturated rings. The summed E-state index contributed by atoms with van der Waals surface area (Å²) in [6.07, 6.45) is 1.46. The number of methoxy groups -OCH3 is 2. The number of imide groups is 1. The number of anilines is 1. The topological polar surface area (TPSA) is 106 Å². The van der Waals surface area contributed by atoms with Gasteiger partial charge in [-0.3, -0.25) is 9.59 Å². The Hall–Kier alpha value is -5.02. The lowest BCUT2D eigenvalue weighted by Gasteiger charge is -2.15. The van der Waals surface area contributed by atoms with E-state index in [0.717, 1.165) is 21.2 Å². The van der Waals surface area contributed by atoms with Crippen molar-refractivity contribution in [1.82, 2.24) is 10.2 Å². The number of fused-ring (bicyclic) bond motifs is 1. The van der Waals surface area contributed by atoms with Crippen LogP contribution in [0.5, 0.6) is 17.2 Å². The summed E-state index contributed by atoms with van der Waals surface area (Å²) < 4.78 is 16.8. The van der Waals surface area contributed by atoms with E-state index in [2.05, 4.69) is 10.6 Å². The van der Waals surface area contributed by atoms with Gasteiger partial charge in [0.05, 0.1) is 24.9 Å². The van der Waals surface area contributed by atoms with E-state index in [0.29, 0.717) is 28.5 Å². The van der Waals surface area contributed by atoms with Crippen LogP contribution in [0.15, 0.2) is 84.6 Å². The Morgan fingerprint density at radius 3 is 2.49 bits per heavy atom. The van der Waals surface area contributed by atoms with Crippen molar-refractivity contribution in [2.45, 2.75) is 6.61 Å². The molecular weight excluding hydrogens is 546 g/mol. The number of benzene rings is 4. The van der Waals surface area contributed by atoms with Crippen LogP contribution in [-0.4, -0.2) is 43.5 Å². The molecule has 0 saturated carbocycles. The fourth-order valence-electron chi connectivity index (χ4n) is 4.49. The molecule has 0 bridgehead atoms. The molecule has 0 spiro atoms. The maximum absolute atomic E-state index is 13.0. The van der Waals surface area contributed by atoms with Crippen LogP contribution in [0, 0.1) is 0 Å². The zero-order valence-electron chi connectivity index (χ0n) is 22.3. The molecule has 5 rings (SSSR count). The van der Waals surface area contributed by atoms with Gasteiger partial charge in [0, 0.05) is 0 Å². The minimum absolute atomic E-state index is 0.0114. The third-order valence-corrected chi connectivity index (χ3v) is 6.74. The summed E-state index contributed by atoms with van der Waals surface area (Å²) in [6, 6.07) is 23.4. The van der Waals surface area contributed by atoms with Crippen LogP contribution in [0.4, 0.5) is 10.5 Å². The van der Waals surface area contributed by atoms with Crippen LogP contribution < -0.4 is 24.8 Å². The molecule has 208 valence electrons. The van der Waals surface area contributed by atoms with E-state index in [1.165, 1.54) is 20.3 Å². The number of para-hydroxylation sites is 2. The Morgan fingerprint density at radius 2 is 1.68 bits per heavy atom. The molecule has 0 unspecified atom stereocenters. The van der Waals surface area contributed by atoms with Gasteiger partial charge in [-0.15, -0.1) is 0 Å². The number of carbonyl (C=O) groups is 3. The van der Waals surface area contributed by atoms with Crippen LogP contribution in [0.2, 0.25) is 5.02 Å². The Bertz CT molecular complexity index is 1680. The molecule has 1 aliphatic rings. The highest BCUT2D eigenvalue weighted by atomic mass is 35.5. The third kappa shape index (κ3) is 5.95. The Kier molecular flexibility index (Phi) is 8.07. The first-order chi connectivity index (χ1) is 19.9. The van der Waals surface area contributed by atoms with Gasteiger partial charge < -0.3 is 24.8 Å². The smallest absolute Gasteiger partial charge is 0.329 e. The molecule has 1 heterocycles. The fraction of sp³-hybridized carbons (Fsp3) is 0.129. The van der Waals surface area contributed by atoms with Gasteiger partial charge in [-0.2, -0.15) is 0 Å². The molecule has 0 radical (unpaired) electrons. The molecule has 9 nitrogen and oxygen atoms in total. The summed E-state index contributed by atoms with van der Waals surface area (Å²) in [5, 5.41) is 7.60. The highest BCUT2D eigenvalue weighted by Crippen LogP contribution is 2.38. The highest BCUT2D eigenvalue weighted by molar-refractivity contribution is 6.32. The quantitative estimate of drug-likeness (QED) is 0.199. The maximum Gasteiger partial charge on any atom is 0.329 e. The predicted octanol–water partition coefficient (Wildman–Crippen LogP) is 5.62. The molecular formula is C31H26ClN3O6. The van der Waals surface area contributed by atoms with Gasteiger partial charge in [-0.1, -0.05) is 66.2 Å². The number of rotatable bonds is 9. The normalized spacial score (nSPS) is 13.8. The fourth-order valence-corrected chi connectivity index (χ4v) is 4.77. The van der Waals surface area contributed by atoms with Gasteiger partial charge in [0.25, 0.3) is 5.91 Å². The lowest BCUT2D eigenvalue weighted by molar-refractivity contribution is -0.127. The second-order valence-electron chi connectivity index (χ2n) is 9.09. The first-order valence-corrected chi connectivity index (χ1v) is 13.0. The SMILES string of the molecule is COc1ccccc1NC(=O)CN1C(=O)N/C(=C/c2cc(Cl)c(OCc3cccc4ccccc34)c(OC)c2)C1=O. The molecule has 41 heavy (non-hydrogen) atoms. The molecule has 0 atom stereocenters. The number of nitrogens with one attached hydrogen (secondary N) is 2. The van der Waals surface area contributed by atoms with Crippen molar-refractivity contribution in [1.29, 1.82) is 0 Å². The van der Waals surface area contributed by atoms with E-state index >= 15 is 0 Å². The van der Waals surface area contributed by atoms with Crippen molar-refractivity contribution in [2.24, 2.45) is 0 Å². The largest absolute Gasteiger partial charge is 0.495 e. The number of halogens is 1. The van der Waals surface area contributed by atoms with Gasteiger partial charge in [0.2, 0.25) is 5.91 Å². The Labute approximate surface area is 241 Å². The van der Waals surface area contributed by atoms with E-state index in [1.807, 2.05) is 42.5 Å². The molecule has 4 aromatic carbocycles. The van der Waals surface area contributed by atoms with Crippen LogP contribution in [0.1, 0.15) is 11.1 Å². The number of hydrogen-bond donors (Lipinski definition) is 2. The average molecular weight is 572 g/mol. The Balaban J connectivity index is 1.30. The molecule has 1 aliphatic heterocycles. The van der Waals surface area contributed by atoms with Gasteiger partial charge >= 0.3 is 6.03 Å². The Morgan fingerprint density at radius 1 is 0.951 bits per heavy atom. The molecule has 1 saturated heterocycles.